The van der Waals surface area contributed by atoms with Crippen molar-refractivity contribution < 1.29 is 27.1 Å². The Hall–Kier alpha value is -1.11. The van der Waals surface area contributed by atoms with E-state index in [1.165, 1.54) is 0 Å². The minimum absolute atomic E-state index is 0.451. The fourth-order valence-corrected chi connectivity index (χ4v) is 1.41. The van der Waals surface area contributed by atoms with Gasteiger partial charge >= 0.3 is 6.18 Å². The van der Waals surface area contributed by atoms with E-state index in [4.69, 9.17) is 16.7 Å². The van der Waals surface area contributed by atoms with Crippen molar-refractivity contribution in [2.24, 2.45) is 0 Å². The highest BCUT2D eigenvalue weighted by Crippen LogP contribution is 2.42. The predicted molar refractivity (Wildman–Crippen MR) is 45.4 cm³/mol. The molecule has 1 aromatic heterocycles. The van der Waals surface area contributed by atoms with Gasteiger partial charge in [0.1, 0.15) is 11.3 Å². The summed E-state index contributed by atoms with van der Waals surface area (Å²) < 4.78 is 62.2. The maximum Gasteiger partial charge on any atom is 0.420 e. The van der Waals surface area contributed by atoms with Gasteiger partial charge in [0.25, 0.3) is 6.43 Å². The maximum atomic E-state index is 12.5. The number of aromatic hydroxyl groups is 1. The molecule has 0 fully saturated rings. The van der Waals surface area contributed by atoms with E-state index in [9.17, 15) is 22.0 Å². The molecular weight excluding hydrogens is 257 g/mol. The monoisotopic (exact) mass is 261 g/mol. The van der Waals surface area contributed by atoms with Crippen LogP contribution in [0.5, 0.6) is 5.75 Å². The minimum Gasteiger partial charge on any atom is -0.506 e. The van der Waals surface area contributed by atoms with E-state index in [0.717, 1.165) is 0 Å². The fraction of sp³-hybridized carbons (Fsp3) is 0.375. The van der Waals surface area contributed by atoms with Crippen LogP contribution in [0.3, 0.4) is 0 Å². The number of halogens is 6. The Morgan fingerprint density at radius 3 is 2.31 bits per heavy atom. The van der Waals surface area contributed by atoms with Crippen molar-refractivity contribution in [2.45, 2.75) is 18.5 Å². The number of nitrogens with zero attached hydrogens (tertiary/aromatic N) is 1. The molecule has 0 aliphatic carbocycles. The van der Waals surface area contributed by atoms with Crippen LogP contribution in [0.2, 0.25) is 0 Å². The first-order chi connectivity index (χ1) is 7.29. The van der Waals surface area contributed by atoms with Crippen molar-refractivity contribution in [3.8, 4) is 5.75 Å². The summed E-state index contributed by atoms with van der Waals surface area (Å²) in [4.78, 5) is 3.23. The largest absolute Gasteiger partial charge is 0.506 e. The second-order valence-corrected chi connectivity index (χ2v) is 3.08. The first-order valence-electron chi connectivity index (χ1n) is 3.91. The Balaban J connectivity index is 3.55. The van der Waals surface area contributed by atoms with Crippen molar-refractivity contribution >= 4 is 11.6 Å². The minimum atomic E-state index is -5.08. The van der Waals surface area contributed by atoms with Gasteiger partial charge in [-0.05, 0) is 0 Å². The summed E-state index contributed by atoms with van der Waals surface area (Å²) in [5.74, 6) is -1.93. The third-order valence-corrected chi connectivity index (χ3v) is 2.06. The molecule has 0 aliphatic rings. The first kappa shape index (κ1) is 13.0. The van der Waals surface area contributed by atoms with E-state index in [-0.39, 0.29) is 0 Å². The van der Waals surface area contributed by atoms with E-state index < -0.39 is 41.1 Å². The number of aromatic nitrogens is 1. The highest BCUT2D eigenvalue weighted by atomic mass is 35.5. The van der Waals surface area contributed by atoms with E-state index in [2.05, 4.69) is 4.98 Å². The zero-order valence-corrected chi connectivity index (χ0v) is 8.28. The molecule has 90 valence electrons. The van der Waals surface area contributed by atoms with Crippen LogP contribution in [0.4, 0.5) is 22.0 Å². The summed E-state index contributed by atoms with van der Waals surface area (Å²) in [6, 6.07) is 0. The lowest BCUT2D eigenvalue weighted by Crippen LogP contribution is -2.13. The van der Waals surface area contributed by atoms with Gasteiger partial charge in [0, 0.05) is 0 Å². The Kier molecular flexibility index (Phi) is 3.57. The average molecular weight is 262 g/mol. The molecule has 1 rings (SSSR count). The molecular formula is C8H5ClF5NO. The molecule has 1 heterocycles. The van der Waals surface area contributed by atoms with E-state index in [1.54, 1.807) is 0 Å². The number of pyridine rings is 1. The highest BCUT2D eigenvalue weighted by Gasteiger charge is 2.40. The van der Waals surface area contributed by atoms with Crippen LogP contribution in [-0.4, -0.2) is 10.1 Å². The molecule has 0 amide bonds. The summed E-state index contributed by atoms with van der Waals surface area (Å²) in [6.07, 6.45) is -8.04. The number of rotatable bonds is 2. The third-order valence-electron chi connectivity index (χ3n) is 1.81. The van der Waals surface area contributed by atoms with Crippen LogP contribution >= 0.6 is 11.6 Å². The van der Waals surface area contributed by atoms with E-state index in [0.29, 0.717) is 6.20 Å². The number of hydrogen-bond acceptors (Lipinski definition) is 2. The van der Waals surface area contributed by atoms with Crippen LogP contribution in [0.1, 0.15) is 23.2 Å². The molecule has 2 nitrogen and oxygen atoms in total. The summed E-state index contributed by atoms with van der Waals surface area (Å²) >= 11 is 5.21. The Morgan fingerprint density at radius 2 is 1.94 bits per heavy atom. The second kappa shape index (κ2) is 4.40. The molecule has 0 saturated heterocycles. The lowest BCUT2D eigenvalue weighted by Gasteiger charge is -2.15. The predicted octanol–water partition coefficient (Wildman–Crippen LogP) is 3.48. The zero-order chi connectivity index (χ0) is 12.5. The molecule has 0 atom stereocenters. The molecule has 1 aromatic rings. The van der Waals surface area contributed by atoms with Gasteiger partial charge in [-0.3, -0.25) is 4.98 Å². The SMILES string of the molecule is Oc1cnc(CCl)c(C(F)F)c1C(F)(F)F. The van der Waals surface area contributed by atoms with Crippen LogP contribution < -0.4 is 0 Å². The van der Waals surface area contributed by atoms with Gasteiger partial charge in [0.05, 0.1) is 23.3 Å². The van der Waals surface area contributed by atoms with Gasteiger partial charge in [-0.25, -0.2) is 8.78 Å². The van der Waals surface area contributed by atoms with Crippen molar-refractivity contribution in [1.82, 2.24) is 4.98 Å². The normalized spacial score (nSPS) is 12.2. The van der Waals surface area contributed by atoms with Gasteiger partial charge < -0.3 is 5.11 Å². The maximum absolute atomic E-state index is 12.5. The van der Waals surface area contributed by atoms with Crippen molar-refractivity contribution in [1.29, 1.82) is 0 Å². The van der Waals surface area contributed by atoms with Crippen molar-refractivity contribution in [2.75, 3.05) is 0 Å². The van der Waals surface area contributed by atoms with Gasteiger partial charge in [-0.1, -0.05) is 0 Å². The highest BCUT2D eigenvalue weighted by molar-refractivity contribution is 6.17. The molecule has 0 aromatic carbocycles. The van der Waals surface area contributed by atoms with Crippen molar-refractivity contribution in [3.05, 3.63) is 23.0 Å². The fourth-order valence-electron chi connectivity index (χ4n) is 1.19. The lowest BCUT2D eigenvalue weighted by atomic mass is 10.1. The first-order valence-corrected chi connectivity index (χ1v) is 4.44. The number of alkyl halides is 6. The molecule has 1 N–H and O–H groups in total. The summed E-state index contributed by atoms with van der Waals surface area (Å²) in [5, 5.41) is 8.94. The summed E-state index contributed by atoms with van der Waals surface area (Å²) in [6.45, 7) is 0. The third kappa shape index (κ3) is 2.34. The summed E-state index contributed by atoms with van der Waals surface area (Å²) in [7, 11) is 0. The van der Waals surface area contributed by atoms with E-state index >= 15 is 0 Å². The zero-order valence-electron chi connectivity index (χ0n) is 7.52. The molecule has 16 heavy (non-hydrogen) atoms. The molecule has 8 heteroatoms. The van der Waals surface area contributed by atoms with Crippen LogP contribution in [-0.2, 0) is 12.1 Å². The Bertz CT molecular complexity index is 393. The van der Waals surface area contributed by atoms with Crippen LogP contribution in [0.25, 0.3) is 0 Å². The molecule has 0 saturated carbocycles. The topological polar surface area (TPSA) is 33.1 Å². The Morgan fingerprint density at radius 1 is 1.38 bits per heavy atom. The van der Waals surface area contributed by atoms with Gasteiger partial charge in [-0.15, -0.1) is 11.6 Å². The quantitative estimate of drug-likeness (QED) is 0.653. The molecule has 0 aliphatic heterocycles. The molecule has 0 bridgehead atoms. The number of hydrogen-bond donors (Lipinski definition) is 1. The molecule has 0 spiro atoms. The lowest BCUT2D eigenvalue weighted by molar-refractivity contribution is -0.140. The standard InChI is InChI=1S/C8H5ClF5NO/c9-1-3-5(7(10)11)6(8(12,13)14)4(16)2-15-3/h2,7,16H,1H2. The van der Waals surface area contributed by atoms with Crippen LogP contribution in [0, 0.1) is 0 Å². The second-order valence-electron chi connectivity index (χ2n) is 2.81. The average Bonchev–Trinajstić information content (AvgIpc) is 2.15. The molecule has 0 radical (unpaired) electrons. The Labute approximate surface area is 91.7 Å². The molecule has 0 unspecified atom stereocenters. The van der Waals surface area contributed by atoms with Gasteiger partial charge in [-0.2, -0.15) is 13.2 Å². The van der Waals surface area contributed by atoms with Crippen LogP contribution in [0.15, 0.2) is 6.20 Å². The smallest absolute Gasteiger partial charge is 0.420 e. The van der Waals surface area contributed by atoms with Gasteiger partial charge in [0.2, 0.25) is 0 Å². The summed E-state index contributed by atoms with van der Waals surface area (Å²) in [5.41, 5.74) is -3.75. The van der Waals surface area contributed by atoms with Crippen molar-refractivity contribution in [3.63, 3.8) is 0 Å². The van der Waals surface area contributed by atoms with E-state index in [1.807, 2.05) is 0 Å². The van der Waals surface area contributed by atoms with Gasteiger partial charge in [0.15, 0.2) is 0 Å².